The van der Waals surface area contributed by atoms with E-state index in [2.05, 4.69) is 22.4 Å². The van der Waals surface area contributed by atoms with Crippen LogP contribution in [0.3, 0.4) is 0 Å². The molecule has 41 heavy (non-hydrogen) atoms. The SMILES string of the molecule is C=CC[C@@]1(C)C[C@H](c2cccc(Cl)c2)C(c2ccc(Cl)cc2)N([C@H](CNS(=O)(=O)Cc2ccccn2)C2CC2)C1=O. The van der Waals surface area contributed by atoms with Crippen molar-refractivity contribution in [1.82, 2.24) is 14.6 Å². The van der Waals surface area contributed by atoms with Crippen LogP contribution in [0.15, 0.2) is 85.6 Å². The molecule has 1 N–H and O–H groups in total. The zero-order valence-electron chi connectivity index (χ0n) is 23.0. The van der Waals surface area contributed by atoms with Crippen molar-refractivity contribution in [2.24, 2.45) is 11.3 Å². The van der Waals surface area contributed by atoms with E-state index in [1.54, 1.807) is 30.5 Å². The van der Waals surface area contributed by atoms with Gasteiger partial charge in [0.2, 0.25) is 15.9 Å². The Labute approximate surface area is 252 Å². The second-order valence-electron chi connectivity index (χ2n) is 11.5. The molecule has 1 aliphatic carbocycles. The smallest absolute Gasteiger partial charge is 0.229 e. The first-order chi connectivity index (χ1) is 19.6. The standard InChI is InChI=1S/C32H35Cl2N3O3S/c1-3-16-32(2)19-28(24-7-6-8-26(34)18-24)30(23-12-14-25(33)15-13-23)37(31(32)38)29(22-10-11-22)20-36-41(39,40)21-27-9-4-5-17-35-27/h3-9,12-15,17-18,22,28-30,36H,1,10-11,16,19-21H2,2H3/t28-,29-,30?,32+/m1/s1. The van der Waals surface area contributed by atoms with Gasteiger partial charge in [-0.25, -0.2) is 13.1 Å². The van der Waals surface area contributed by atoms with E-state index < -0.39 is 15.4 Å². The normalized spacial score (nSPS) is 23.8. The number of hydrogen-bond acceptors (Lipinski definition) is 4. The molecule has 5 rings (SSSR count). The van der Waals surface area contributed by atoms with Crippen molar-refractivity contribution in [1.29, 1.82) is 0 Å². The average molecular weight is 613 g/mol. The monoisotopic (exact) mass is 611 g/mol. The van der Waals surface area contributed by atoms with E-state index in [1.807, 2.05) is 54.3 Å². The van der Waals surface area contributed by atoms with Crippen LogP contribution in [0.25, 0.3) is 0 Å². The second-order valence-corrected chi connectivity index (χ2v) is 14.1. The Morgan fingerprint density at radius 3 is 2.46 bits per heavy atom. The molecule has 3 aromatic rings. The summed E-state index contributed by atoms with van der Waals surface area (Å²) in [5, 5.41) is 1.24. The number of hydrogen-bond donors (Lipinski definition) is 1. The number of halogens is 2. The van der Waals surface area contributed by atoms with E-state index in [0.717, 1.165) is 24.0 Å². The van der Waals surface area contributed by atoms with Gasteiger partial charge in [-0.3, -0.25) is 9.78 Å². The Kier molecular flexibility index (Phi) is 8.90. The largest absolute Gasteiger partial charge is 0.330 e. The van der Waals surface area contributed by atoms with Gasteiger partial charge in [0, 0.05) is 34.7 Å². The van der Waals surface area contributed by atoms with E-state index in [1.165, 1.54) is 0 Å². The molecule has 4 atom stereocenters. The highest BCUT2D eigenvalue weighted by atomic mass is 35.5. The number of nitrogens with one attached hydrogen (secondary N) is 1. The summed E-state index contributed by atoms with van der Waals surface area (Å²) in [6.45, 7) is 6.08. The summed E-state index contributed by atoms with van der Waals surface area (Å²) >= 11 is 12.7. The van der Waals surface area contributed by atoms with Crippen molar-refractivity contribution < 1.29 is 13.2 Å². The first-order valence-corrected chi connectivity index (χ1v) is 16.3. The summed E-state index contributed by atoms with van der Waals surface area (Å²) in [4.78, 5) is 20.7. The van der Waals surface area contributed by atoms with Gasteiger partial charge in [-0.05, 0) is 79.1 Å². The number of amides is 1. The molecular weight excluding hydrogens is 577 g/mol. The molecule has 0 radical (unpaired) electrons. The van der Waals surface area contributed by atoms with Crippen molar-refractivity contribution >= 4 is 39.1 Å². The molecule has 1 saturated carbocycles. The van der Waals surface area contributed by atoms with Gasteiger partial charge >= 0.3 is 0 Å². The van der Waals surface area contributed by atoms with E-state index in [4.69, 9.17) is 23.2 Å². The third-order valence-corrected chi connectivity index (χ3v) is 10.1. The first kappa shape index (κ1) is 29.8. The van der Waals surface area contributed by atoms with Gasteiger partial charge in [-0.15, -0.1) is 6.58 Å². The number of rotatable bonds is 11. The van der Waals surface area contributed by atoms with Crippen molar-refractivity contribution in [2.75, 3.05) is 6.54 Å². The lowest BCUT2D eigenvalue weighted by atomic mass is 9.67. The quantitative estimate of drug-likeness (QED) is 0.238. The molecule has 0 spiro atoms. The van der Waals surface area contributed by atoms with Crippen molar-refractivity contribution in [3.63, 3.8) is 0 Å². The van der Waals surface area contributed by atoms with Crippen molar-refractivity contribution in [3.05, 3.63) is 112 Å². The van der Waals surface area contributed by atoms with Crippen LogP contribution >= 0.6 is 23.2 Å². The van der Waals surface area contributed by atoms with Gasteiger partial charge in [0.15, 0.2) is 0 Å². The van der Waals surface area contributed by atoms with Crippen molar-refractivity contribution in [3.8, 4) is 0 Å². The number of piperidine rings is 1. The highest BCUT2D eigenvalue weighted by Gasteiger charge is 2.53. The molecule has 1 amide bonds. The fraction of sp³-hybridized carbons (Fsp3) is 0.375. The molecule has 1 saturated heterocycles. The lowest BCUT2D eigenvalue weighted by Gasteiger charge is -2.52. The summed E-state index contributed by atoms with van der Waals surface area (Å²) in [5.41, 5.74) is 1.75. The zero-order chi connectivity index (χ0) is 29.2. The van der Waals surface area contributed by atoms with Gasteiger partial charge in [0.05, 0.1) is 17.2 Å². The minimum atomic E-state index is -3.69. The van der Waals surface area contributed by atoms with Gasteiger partial charge in [0.25, 0.3) is 0 Å². The third kappa shape index (κ3) is 6.86. The highest BCUT2D eigenvalue weighted by molar-refractivity contribution is 7.88. The Hall–Kier alpha value is -2.71. The van der Waals surface area contributed by atoms with Gasteiger partial charge in [0.1, 0.15) is 5.75 Å². The number of benzene rings is 2. The van der Waals surface area contributed by atoms with E-state index in [-0.39, 0.29) is 42.1 Å². The second kappa shape index (κ2) is 12.3. The van der Waals surface area contributed by atoms with Gasteiger partial charge < -0.3 is 4.90 Å². The Morgan fingerprint density at radius 1 is 1.07 bits per heavy atom. The Morgan fingerprint density at radius 2 is 1.83 bits per heavy atom. The number of carbonyl (C=O) groups is 1. The summed E-state index contributed by atoms with van der Waals surface area (Å²) < 4.78 is 29.1. The number of aromatic nitrogens is 1. The van der Waals surface area contributed by atoms with E-state index in [9.17, 15) is 13.2 Å². The van der Waals surface area contributed by atoms with Crippen LogP contribution in [0.1, 0.15) is 61.4 Å². The fourth-order valence-electron chi connectivity index (χ4n) is 6.17. The molecule has 1 aliphatic heterocycles. The third-order valence-electron chi connectivity index (χ3n) is 8.29. The van der Waals surface area contributed by atoms with E-state index in [0.29, 0.717) is 28.6 Å². The maximum atomic E-state index is 14.6. The molecule has 6 nitrogen and oxygen atoms in total. The number of nitrogens with zero attached hydrogens (tertiary/aromatic N) is 2. The molecule has 0 bridgehead atoms. The Bertz CT molecular complexity index is 1500. The predicted octanol–water partition coefficient (Wildman–Crippen LogP) is 6.93. The molecule has 2 fully saturated rings. The summed E-state index contributed by atoms with van der Waals surface area (Å²) in [6.07, 6.45) is 6.36. The summed E-state index contributed by atoms with van der Waals surface area (Å²) in [7, 11) is -3.69. The molecule has 216 valence electrons. The minimum absolute atomic E-state index is 0.0106. The predicted molar refractivity (Wildman–Crippen MR) is 164 cm³/mol. The zero-order valence-corrected chi connectivity index (χ0v) is 25.4. The number of pyridine rings is 1. The minimum Gasteiger partial charge on any atom is -0.330 e. The van der Waals surface area contributed by atoms with Crippen LogP contribution in [0, 0.1) is 11.3 Å². The molecule has 2 aliphatic rings. The van der Waals surface area contributed by atoms with Crippen LogP contribution in [0.5, 0.6) is 0 Å². The molecule has 2 heterocycles. The lowest BCUT2D eigenvalue weighted by Crippen LogP contribution is -2.58. The fourth-order valence-corrected chi connectivity index (χ4v) is 7.58. The summed E-state index contributed by atoms with van der Waals surface area (Å²) in [6, 6.07) is 20.0. The van der Waals surface area contributed by atoms with Crippen molar-refractivity contribution in [2.45, 2.75) is 56.4 Å². The first-order valence-electron chi connectivity index (χ1n) is 13.9. The topological polar surface area (TPSA) is 79.4 Å². The van der Waals surface area contributed by atoms with Crippen LogP contribution in [-0.2, 0) is 20.6 Å². The number of sulfonamides is 1. The molecular formula is C32H35Cl2N3O3S. The van der Waals surface area contributed by atoms with Crippen LogP contribution in [0.4, 0.5) is 0 Å². The molecule has 2 aromatic carbocycles. The van der Waals surface area contributed by atoms with Crippen LogP contribution < -0.4 is 4.72 Å². The summed E-state index contributed by atoms with van der Waals surface area (Å²) in [5.74, 6) is -0.100. The average Bonchev–Trinajstić information content (AvgIpc) is 3.77. The Balaban J connectivity index is 1.56. The maximum Gasteiger partial charge on any atom is 0.229 e. The van der Waals surface area contributed by atoms with E-state index >= 15 is 0 Å². The lowest BCUT2D eigenvalue weighted by molar-refractivity contribution is -0.155. The number of allylic oxidation sites excluding steroid dienone is 1. The number of carbonyl (C=O) groups excluding carboxylic acids is 1. The molecule has 1 aromatic heterocycles. The van der Waals surface area contributed by atoms with Crippen LogP contribution in [0.2, 0.25) is 10.0 Å². The molecule has 1 unspecified atom stereocenters. The number of likely N-dealkylation sites (tertiary alicyclic amines) is 1. The van der Waals surface area contributed by atoms with Crippen LogP contribution in [-0.4, -0.2) is 36.8 Å². The van der Waals surface area contributed by atoms with Gasteiger partial charge in [-0.2, -0.15) is 0 Å². The highest BCUT2D eigenvalue weighted by Crippen LogP contribution is 2.54. The maximum absolute atomic E-state index is 14.6. The van der Waals surface area contributed by atoms with Gasteiger partial charge in [-0.1, -0.05) is 66.5 Å². The molecule has 9 heteroatoms.